The van der Waals surface area contributed by atoms with E-state index in [1.54, 1.807) is 0 Å². The molecule has 0 aliphatic carbocycles. The van der Waals surface area contributed by atoms with E-state index in [1.165, 1.54) is 0 Å². The molecule has 0 fully saturated rings. The maximum atomic E-state index is 7.40. The van der Waals surface area contributed by atoms with E-state index < -0.39 is 0 Å². The average Bonchev–Trinajstić information content (AvgIpc) is 2.15. The third-order valence-corrected chi connectivity index (χ3v) is 2.03. The minimum Gasteiger partial charge on any atom is -0.387 e. The first-order valence-electron chi connectivity index (χ1n) is 4.12. The van der Waals surface area contributed by atoms with Crippen molar-refractivity contribution in [3.63, 3.8) is 0 Å². The average molecular weight is 193 g/mol. The molecule has 0 bridgehead atoms. The third-order valence-electron chi connectivity index (χ3n) is 1.81. The van der Waals surface area contributed by atoms with Crippen LogP contribution in [0.1, 0.15) is 12.0 Å². The van der Waals surface area contributed by atoms with Crippen molar-refractivity contribution in [2.75, 3.05) is 5.75 Å². The molecule has 0 unspecified atom stereocenters. The summed E-state index contributed by atoms with van der Waals surface area (Å²) in [4.78, 5) is 0. The third kappa shape index (κ3) is 2.77. The summed E-state index contributed by atoms with van der Waals surface area (Å²) in [5.41, 5.74) is 6.48. The van der Waals surface area contributed by atoms with Crippen LogP contribution >= 0.6 is 12.6 Å². The Kier molecular flexibility index (Phi) is 3.83. The molecular weight excluding hydrogens is 180 g/mol. The van der Waals surface area contributed by atoms with Crippen LogP contribution in [-0.4, -0.2) is 11.6 Å². The number of thiol groups is 1. The smallest absolute Gasteiger partial charge is 0.103 e. The largest absolute Gasteiger partial charge is 0.387 e. The van der Waals surface area contributed by atoms with Crippen LogP contribution in [0.5, 0.6) is 0 Å². The van der Waals surface area contributed by atoms with Crippen LogP contribution < -0.4 is 5.73 Å². The van der Waals surface area contributed by atoms with Gasteiger partial charge in [0.2, 0.25) is 0 Å². The minimum atomic E-state index is 0.139. The number of benzene rings is 1. The Morgan fingerprint density at radius 1 is 1.31 bits per heavy atom. The summed E-state index contributed by atoms with van der Waals surface area (Å²) in [7, 11) is 0. The number of hydrogen-bond acceptors (Lipinski definition) is 2. The van der Waals surface area contributed by atoms with Gasteiger partial charge in [-0.05, 0) is 17.7 Å². The van der Waals surface area contributed by atoms with E-state index in [9.17, 15) is 0 Å². The summed E-state index contributed by atoms with van der Waals surface area (Å²) < 4.78 is 0. The molecule has 1 rings (SSSR count). The first kappa shape index (κ1) is 10.1. The first-order valence-corrected chi connectivity index (χ1v) is 4.75. The van der Waals surface area contributed by atoms with Crippen molar-refractivity contribution in [1.82, 2.24) is 0 Å². The highest BCUT2D eigenvalue weighted by Crippen LogP contribution is 2.18. The Labute approximate surface area is 84.1 Å². The van der Waals surface area contributed by atoms with Gasteiger partial charge in [0.05, 0.1) is 5.92 Å². The second kappa shape index (κ2) is 4.92. The zero-order chi connectivity index (χ0) is 9.68. The van der Waals surface area contributed by atoms with Crippen molar-refractivity contribution in [2.24, 2.45) is 5.73 Å². The fourth-order valence-corrected chi connectivity index (χ4v) is 1.41. The van der Waals surface area contributed by atoms with E-state index >= 15 is 0 Å². The van der Waals surface area contributed by atoms with Gasteiger partial charge in [0.15, 0.2) is 0 Å². The molecule has 0 saturated carbocycles. The monoisotopic (exact) mass is 193 g/mol. The molecule has 1 radical (unpaired) electrons. The normalized spacial score (nSPS) is 10.3. The topological polar surface area (TPSA) is 49.9 Å². The van der Waals surface area contributed by atoms with Gasteiger partial charge in [-0.25, -0.2) is 0 Å². The standard InChI is InChI=1S/C10H13N2S/c11-10(12)9(6-7-13)8-4-2-1-3-5-8/h1-5,13H,6-7H2,(H3,11,12). The van der Waals surface area contributed by atoms with E-state index in [-0.39, 0.29) is 5.84 Å². The number of nitrogens with one attached hydrogen (secondary N) is 1. The summed E-state index contributed by atoms with van der Waals surface area (Å²) in [6.07, 6.45) is 0.739. The molecule has 1 aromatic rings. The van der Waals surface area contributed by atoms with E-state index in [0.717, 1.165) is 17.9 Å². The minimum absolute atomic E-state index is 0.139. The van der Waals surface area contributed by atoms with E-state index in [2.05, 4.69) is 12.6 Å². The second-order valence-electron chi connectivity index (χ2n) is 2.73. The summed E-state index contributed by atoms with van der Waals surface area (Å²) in [5.74, 6) is 1.72. The Morgan fingerprint density at radius 3 is 2.38 bits per heavy atom. The maximum Gasteiger partial charge on any atom is 0.103 e. The van der Waals surface area contributed by atoms with E-state index in [4.69, 9.17) is 11.1 Å². The van der Waals surface area contributed by atoms with Gasteiger partial charge in [0, 0.05) is 0 Å². The molecule has 0 atom stereocenters. The van der Waals surface area contributed by atoms with Crippen molar-refractivity contribution in [3.05, 3.63) is 41.8 Å². The first-order chi connectivity index (χ1) is 6.25. The van der Waals surface area contributed by atoms with Crippen molar-refractivity contribution in [2.45, 2.75) is 6.42 Å². The van der Waals surface area contributed by atoms with Gasteiger partial charge < -0.3 is 5.73 Å². The highest BCUT2D eigenvalue weighted by Gasteiger charge is 2.13. The summed E-state index contributed by atoms with van der Waals surface area (Å²) in [5, 5.41) is 7.40. The van der Waals surface area contributed by atoms with Crippen LogP contribution in [-0.2, 0) is 0 Å². The lowest BCUT2D eigenvalue weighted by atomic mass is 9.96. The molecule has 3 N–H and O–H groups in total. The maximum absolute atomic E-state index is 7.40. The van der Waals surface area contributed by atoms with Crippen molar-refractivity contribution >= 4 is 18.5 Å². The number of rotatable bonds is 4. The lowest BCUT2D eigenvalue weighted by Crippen LogP contribution is -2.21. The number of nitrogens with two attached hydrogens (primary N) is 1. The van der Waals surface area contributed by atoms with Gasteiger partial charge in [-0.2, -0.15) is 12.6 Å². The molecule has 0 aliphatic heterocycles. The molecule has 0 heterocycles. The van der Waals surface area contributed by atoms with Gasteiger partial charge in [0.25, 0.3) is 0 Å². The number of amidine groups is 1. The molecule has 0 spiro atoms. The van der Waals surface area contributed by atoms with Crippen LogP contribution in [0, 0.1) is 11.3 Å². The van der Waals surface area contributed by atoms with Gasteiger partial charge >= 0.3 is 0 Å². The highest BCUT2D eigenvalue weighted by molar-refractivity contribution is 7.80. The van der Waals surface area contributed by atoms with Crippen molar-refractivity contribution < 1.29 is 0 Å². The lowest BCUT2D eigenvalue weighted by Gasteiger charge is -2.12. The molecule has 3 heteroatoms. The van der Waals surface area contributed by atoms with Gasteiger partial charge in [-0.1, -0.05) is 30.3 Å². The molecule has 0 saturated heterocycles. The fraction of sp³-hybridized carbons (Fsp3) is 0.200. The molecule has 0 amide bonds. The van der Waals surface area contributed by atoms with Gasteiger partial charge in [-0.15, -0.1) is 0 Å². The quantitative estimate of drug-likeness (QED) is 0.381. The Balaban J connectivity index is 2.82. The van der Waals surface area contributed by atoms with Crippen molar-refractivity contribution in [3.8, 4) is 0 Å². The predicted octanol–water partition coefficient (Wildman–Crippen LogP) is 1.87. The van der Waals surface area contributed by atoms with Gasteiger partial charge in [0.1, 0.15) is 5.84 Å². The SMILES string of the molecule is N=C(N)[C](CCS)c1ccccc1. The summed E-state index contributed by atoms with van der Waals surface area (Å²) in [6, 6.07) is 9.75. The van der Waals surface area contributed by atoms with Crippen LogP contribution in [0.25, 0.3) is 0 Å². The predicted molar refractivity (Wildman–Crippen MR) is 59.2 cm³/mol. The van der Waals surface area contributed by atoms with Crippen LogP contribution in [0.3, 0.4) is 0 Å². The Morgan fingerprint density at radius 2 is 1.92 bits per heavy atom. The molecule has 1 aromatic carbocycles. The van der Waals surface area contributed by atoms with Crippen LogP contribution in [0.15, 0.2) is 30.3 Å². The van der Waals surface area contributed by atoms with Crippen LogP contribution in [0.4, 0.5) is 0 Å². The summed E-state index contributed by atoms with van der Waals surface area (Å²) >= 11 is 4.13. The molecule has 0 aliphatic rings. The molecular formula is C10H13N2S. The zero-order valence-corrected chi connectivity index (χ0v) is 8.22. The molecule has 0 aromatic heterocycles. The summed E-state index contributed by atoms with van der Waals surface area (Å²) in [6.45, 7) is 0. The van der Waals surface area contributed by atoms with Gasteiger partial charge in [-0.3, -0.25) is 5.41 Å². The Hall–Kier alpha value is -0.960. The van der Waals surface area contributed by atoms with Crippen LogP contribution in [0.2, 0.25) is 0 Å². The molecule has 2 nitrogen and oxygen atoms in total. The second-order valence-corrected chi connectivity index (χ2v) is 3.18. The lowest BCUT2D eigenvalue weighted by molar-refractivity contribution is 1.04. The highest BCUT2D eigenvalue weighted by atomic mass is 32.1. The number of hydrogen-bond donors (Lipinski definition) is 3. The molecule has 69 valence electrons. The van der Waals surface area contributed by atoms with Crippen molar-refractivity contribution in [1.29, 1.82) is 5.41 Å². The Bertz CT molecular complexity index is 272. The van der Waals surface area contributed by atoms with E-state index in [1.807, 2.05) is 30.3 Å². The molecule has 13 heavy (non-hydrogen) atoms. The zero-order valence-electron chi connectivity index (χ0n) is 7.33. The van der Waals surface area contributed by atoms with E-state index in [0.29, 0.717) is 5.75 Å². The fourth-order valence-electron chi connectivity index (χ4n) is 1.19.